The van der Waals surface area contributed by atoms with Crippen LogP contribution in [0.5, 0.6) is 0 Å². The van der Waals surface area contributed by atoms with Gasteiger partial charge >= 0.3 is 5.82 Å². The summed E-state index contributed by atoms with van der Waals surface area (Å²) >= 11 is 1.54. The van der Waals surface area contributed by atoms with Crippen molar-refractivity contribution >= 4 is 17.2 Å². The summed E-state index contributed by atoms with van der Waals surface area (Å²) in [4.78, 5) is 15.4. The summed E-state index contributed by atoms with van der Waals surface area (Å²) in [5, 5.41) is 20.4. The lowest BCUT2D eigenvalue weighted by molar-refractivity contribution is -0.389. The minimum Gasteiger partial charge on any atom is -0.358 e. The number of hydrogen-bond donors (Lipinski definition) is 0. The third-order valence-electron chi connectivity index (χ3n) is 2.90. The Bertz CT molecular complexity index is 762. The van der Waals surface area contributed by atoms with E-state index in [1.165, 1.54) is 17.4 Å². The van der Waals surface area contributed by atoms with E-state index in [0.29, 0.717) is 24.7 Å². The Morgan fingerprint density at radius 1 is 1.52 bits per heavy atom. The van der Waals surface area contributed by atoms with Crippen LogP contribution in [0, 0.1) is 17.0 Å². The number of nitrogens with zero attached hydrogens (tertiary/aromatic N) is 5. The van der Waals surface area contributed by atoms with E-state index in [1.54, 1.807) is 11.6 Å². The molecule has 3 aromatic rings. The van der Waals surface area contributed by atoms with Gasteiger partial charge in [0.05, 0.1) is 28.3 Å². The molecule has 0 aliphatic carbocycles. The van der Waals surface area contributed by atoms with E-state index in [-0.39, 0.29) is 5.82 Å². The third-order valence-corrected chi connectivity index (χ3v) is 3.77. The molecule has 3 aromatic heterocycles. The Hall–Kier alpha value is -2.55. The molecule has 0 spiro atoms. The molecule has 0 aromatic carbocycles. The molecule has 0 saturated heterocycles. The second kappa shape index (κ2) is 5.44. The zero-order valence-electron chi connectivity index (χ0n) is 11.1. The normalized spacial score (nSPS) is 10.9. The predicted molar refractivity (Wildman–Crippen MR) is 74.9 cm³/mol. The molecule has 0 radical (unpaired) electrons. The number of aryl methyl sites for hydroxylation is 3. The van der Waals surface area contributed by atoms with Crippen molar-refractivity contribution in [2.75, 3.05) is 0 Å². The molecule has 0 amide bonds. The van der Waals surface area contributed by atoms with Crippen LogP contribution in [-0.4, -0.2) is 24.8 Å². The maximum absolute atomic E-state index is 10.7. The molecule has 108 valence electrons. The molecule has 0 atom stereocenters. The zero-order valence-corrected chi connectivity index (χ0v) is 11.9. The van der Waals surface area contributed by atoms with E-state index in [2.05, 4.69) is 15.2 Å². The van der Waals surface area contributed by atoms with E-state index < -0.39 is 4.92 Å². The van der Waals surface area contributed by atoms with Crippen LogP contribution in [0.25, 0.3) is 10.7 Å². The molecule has 3 heterocycles. The minimum atomic E-state index is -0.509. The molecule has 3 rings (SSSR count). The van der Waals surface area contributed by atoms with Crippen molar-refractivity contribution in [2.24, 2.45) is 0 Å². The zero-order chi connectivity index (χ0) is 14.8. The first-order valence-electron chi connectivity index (χ1n) is 6.19. The summed E-state index contributed by atoms with van der Waals surface area (Å²) in [7, 11) is 0. The fourth-order valence-electron chi connectivity index (χ4n) is 1.87. The Kier molecular flexibility index (Phi) is 3.48. The highest BCUT2D eigenvalue weighted by molar-refractivity contribution is 7.13. The van der Waals surface area contributed by atoms with Gasteiger partial charge in [0.2, 0.25) is 11.7 Å². The SMILES string of the molecule is Cc1cc([N+](=O)[O-])nn1CCc1nc(-c2cccs2)no1. The Labute approximate surface area is 123 Å². The number of hydrogen-bond acceptors (Lipinski definition) is 7. The molecule has 0 saturated carbocycles. The maximum Gasteiger partial charge on any atom is 0.390 e. The Morgan fingerprint density at radius 3 is 3.05 bits per heavy atom. The van der Waals surface area contributed by atoms with Crippen molar-refractivity contribution in [1.29, 1.82) is 0 Å². The quantitative estimate of drug-likeness (QED) is 0.530. The van der Waals surface area contributed by atoms with Gasteiger partial charge in [0.1, 0.15) is 0 Å². The van der Waals surface area contributed by atoms with E-state index in [0.717, 1.165) is 10.6 Å². The lowest BCUT2D eigenvalue weighted by Crippen LogP contribution is -2.05. The summed E-state index contributed by atoms with van der Waals surface area (Å²) in [5.41, 5.74) is 0.722. The third kappa shape index (κ3) is 2.82. The van der Waals surface area contributed by atoms with Crippen LogP contribution in [0.3, 0.4) is 0 Å². The second-order valence-electron chi connectivity index (χ2n) is 4.36. The summed E-state index contributed by atoms with van der Waals surface area (Å²) in [6.07, 6.45) is 0.470. The molecule has 0 bridgehead atoms. The molecule has 9 heteroatoms. The number of rotatable bonds is 5. The van der Waals surface area contributed by atoms with Gasteiger partial charge in [-0.05, 0) is 23.3 Å². The van der Waals surface area contributed by atoms with Crippen molar-refractivity contribution in [3.63, 3.8) is 0 Å². The average Bonchev–Trinajstić information content (AvgIpc) is 3.17. The average molecular weight is 305 g/mol. The number of aromatic nitrogens is 4. The minimum absolute atomic E-state index is 0.155. The summed E-state index contributed by atoms with van der Waals surface area (Å²) in [5.74, 6) is 0.886. The van der Waals surface area contributed by atoms with Gasteiger partial charge in [0.15, 0.2) is 0 Å². The van der Waals surface area contributed by atoms with Crippen LogP contribution in [0.1, 0.15) is 11.6 Å². The van der Waals surface area contributed by atoms with Gasteiger partial charge in [-0.2, -0.15) is 9.67 Å². The highest BCUT2D eigenvalue weighted by atomic mass is 32.1. The van der Waals surface area contributed by atoms with Crippen LogP contribution in [0.2, 0.25) is 0 Å². The lowest BCUT2D eigenvalue weighted by Gasteiger charge is -1.95. The Balaban J connectivity index is 1.69. The van der Waals surface area contributed by atoms with Gasteiger partial charge in [-0.3, -0.25) is 0 Å². The van der Waals surface area contributed by atoms with E-state index in [9.17, 15) is 10.1 Å². The van der Waals surface area contributed by atoms with E-state index in [4.69, 9.17) is 4.52 Å². The summed E-state index contributed by atoms with van der Waals surface area (Å²) in [6, 6.07) is 5.27. The van der Waals surface area contributed by atoms with Gasteiger partial charge in [-0.1, -0.05) is 11.2 Å². The molecule has 8 nitrogen and oxygen atoms in total. The van der Waals surface area contributed by atoms with E-state index >= 15 is 0 Å². The van der Waals surface area contributed by atoms with Crippen molar-refractivity contribution in [3.8, 4) is 10.7 Å². The van der Waals surface area contributed by atoms with Gasteiger partial charge < -0.3 is 14.6 Å². The monoisotopic (exact) mass is 305 g/mol. The summed E-state index contributed by atoms with van der Waals surface area (Å²) in [6.45, 7) is 2.22. The van der Waals surface area contributed by atoms with Crippen LogP contribution >= 0.6 is 11.3 Å². The van der Waals surface area contributed by atoms with Crippen LogP contribution in [0.15, 0.2) is 28.1 Å². The fourth-order valence-corrected chi connectivity index (χ4v) is 2.52. The standard InChI is InChI=1S/C12H11N5O3S/c1-8-7-10(17(18)19)14-16(8)5-4-11-13-12(15-20-11)9-3-2-6-21-9/h2-3,6-7H,4-5H2,1H3. The lowest BCUT2D eigenvalue weighted by atomic mass is 10.4. The highest BCUT2D eigenvalue weighted by Crippen LogP contribution is 2.21. The predicted octanol–water partition coefficient (Wildman–Crippen LogP) is 2.45. The molecule has 0 aliphatic heterocycles. The fraction of sp³-hybridized carbons (Fsp3) is 0.250. The Morgan fingerprint density at radius 2 is 2.38 bits per heavy atom. The van der Waals surface area contributed by atoms with Crippen molar-refractivity contribution in [2.45, 2.75) is 19.9 Å². The molecule has 0 aliphatic rings. The molecule has 0 unspecified atom stereocenters. The maximum atomic E-state index is 10.7. The first kappa shape index (κ1) is 13.4. The van der Waals surface area contributed by atoms with Crippen molar-refractivity contribution in [3.05, 3.63) is 45.3 Å². The van der Waals surface area contributed by atoms with Crippen LogP contribution in [0.4, 0.5) is 5.82 Å². The number of thiophene rings is 1. The first-order chi connectivity index (χ1) is 10.1. The van der Waals surface area contributed by atoms with Crippen LogP contribution < -0.4 is 0 Å². The molecule has 0 fully saturated rings. The van der Waals surface area contributed by atoms with E-state index in [1.807, 2.05) is 17.5 Å². The van der Waals surface area contributed by atoms with Gasteiger partial charge in [0, 0.05) is 6.42 Å². The smallest absolute Gasteiger partial charge is 0.358 e. The van der Waals surface area contributed by atoms with Crippen molar-refractivity contribution in [1.82, 2.24) is 19.9 Å². The highest BCUT2D eigenvalue weighted by Gasteiger charge is 2.16. The first-order valence-corrected chi connectivity index (χ1v) is 7.07. The molecular weight excluding hydrogens is 294 g/mol. The molecular formula is C12H11N5O3S. The van der Waals surface area contributed by atoms with Crippen molar-refractivity contribution < 1.29 is 9.45 Å². The number of nitro groups is 1. The van der Waals surface area contributed by atoms with Gasteiger partial charge in [0.25, 0.3) is 0 Å². The topological polar surface area (TPSA) is 99.9 Å². The largest absolute Gasteiger partial charge is 0.390 e. The molecule has 21 heavy (non-hydrogen) atoms. The second-order valence-corrected chi connectivity index (χ2v) is 5.31. The van der Waals surface area contributed by atoms with Gasteiger partial charge in [-0.25, -0.2) is 0 Å². The summed E-state index contributed by atoms with van der Waals surface area (Å²) < 4.78 is 6.74. The van der Waals surface area contributed by atoms with Gasteiger partial charge in [-0.15, -0.1) is 11.3 Å². The van der Waals surface area contributed by atoms with Crippen LogP contribution in [-0.2, 0) is 13.0 Å². The molecule has 0 N–H and O–H groups in total.